The molecule has 0 aromatic carbocycles. The van der Waals surface area contributed by atoms with Gasteiger partial charge in [0.25, 0.3) is 0 Å². The predicted octanol–water partition coefficient (Wildman–Crippen LogP) is 2.22. The first-order valence-electron chi connectivity index (χ1n) is 4.97. The third-order valence-corrected chi connectivity index (χ3v) is 2.48. The Morgan fingerprint density at radius 1 is 1.14 bits per heavy atom. The van der Waals surface area contributed by atoms with Crippen molar-refractivity contribution in [1.29, 1.82) is 0 Å². The summed E-state index contributed by atoms with van der Waals surface area (Å²) in [6.07, 6.45) is 4.16. The Morgan fingerprint density at radius 3 is 1.86 bits per heavy atom. The molecule has 2 fully saturated rings. The molecule has 0 spiro atoms. The highest BCUT2D eigenvalue weighted by atomic mass is 32.1. The van der Waals surface area contributed by atoms with E-state index in [0.717, 1.165) is 24.3 Å². The normalized spacial score (nSPS) is 30.4. The Bertz CT molecular complexity index is 203. The van der Waals surface area contributed by atoms with Crippen molar-refractivity contribution in [3.63, 3.8) is 0 Å². The van der Waals surface area contributed by atoms with Crippen molar-refractivity contribution in [2.75, 3.05) is 0 Å². The van der Waals surface area contributed by atoms with Crippen LogP contribution in [0.3, 0.4) is 0 Å². The minimum absolute atomic E-state index is 0.0486. The smallest absolute Gasteiger partial charge is 0.306 e. The minimum Gasteiger partial charge on any atom is -0.484 e. The highest BCUT2D eigenvalue weighted by Crippen LogP contribution is 2.13. The Kier molecular flexibility index (Phi) is 4.32. The molecule has 0 N–H and O–H groups in total. The van der Waals surface area contributed by atoms with Crippen molar-refractivity contribution in [2.24, 2.45) is 0 Å². The van der Waals surface area contributed by atoms with Crippen molar-refractivity contribution >= 4 is 23.2 Å². The molecule has 3 nitrogen and oxygen atoms in total. The van der Waals surface area contributed by atoms with Gasteiger partial charge < -0.3 is 9.47 Å². The molecule has 0 amide bonds. The van der Waals surface area contributed by atoms with Crippen LogP contribution < -0.4 is 0 Å². The van der Waals surface area contributed by atoms with E-state index in [-0.39, 0.29) is 12.1 Å². The van der Waals surface area contributed by atoms with E-state index >= 15 is 0 Å². The lowest BCUT2D eigenvalue weighted by molar-refractivity contribution is -0.140. The maximum atomic E-state index is 10.2. The topological polar surface area (TPSA) is 35.5 Å². The van der Waals surface area contributed by atoms with Crippen LogP contribution in [0.2, 0.25) is 0 Å². The first-order valence-corrected chi connectivity index (χ1v) is 5.37. The second-order valence-corrected chi connectivity index (χ2v) is 4.13. The fourth-order valence-corrected chi connectivity index (χ4v) is 1.61. The zero-order chi connectivity index (χ0) is 10.6. The van der Waals surface area contributed by atoms with Crippen LogP contribution in [0.15, 0.2) is 0 Å². The highest BCUT2D eigenvalue weighted by molar-refractivity contribution is 7.80. The van der Waals surface area contributed by atoms with Gasteiger partial charge in [0.2, 0.25) is 0 Å². The molecule has 0 aromatic heterocycles. The molecule has 2 unspecified atom stereocenters. The second kappa shape index (κ2) is 5.29. The molecule has 0 aliphatic carbocycles. The number of rotatable bonds is 0. The molecule has 2 aliphatic heterocycles. The van der Waals surface area contributed by atoms with E-state index in [2.05, 4.69) is 0 Å². The Balaban J connectivity index is 0.000000140. The molecule has 14 heavy (non-hydrogen) atoms. The number of hydrogen-bond donors (Lipinski definition) is 0. The van der Waals surface area contributed by atoms with Crippen molar-refractivity contribution < 1.29 is 14.3 Å². The summed E-state index contributed by atoms with van der Waals surface area (Å²) in [6.45, 7) is 3.95. The van der Waals surface area contributed by atoms with Gasteiger partial charge in [-0.25, -0.2) is 0 Å². The van der Waals surface area contributed by atoms with E-state index in [4.69, 9.17) is 21.7 Å². The maximum absolute atomic E-state index is 10.2. The van der Waals surface area contributed by atoms with Gasteiger partial charge in [-0.15, -0.1) is 0 Å². The third-order valence-electron chi connectivity index (χ3n) is 2.18. The van der Waals surface area contributed by atoms with Crippen molar-refractivity contribution in [3.05, 3.63) is 0 Å². The predicted molar refractivity (Wildman–Crippen MR) is 57.2 cm³/mol. The fourth-order valence-electron chi connectivity index (χ4n) is 1.33. The number of carbonyl (C=O) groups is 1. The summed E-state index contributed by atoms with van der Waals surface area (Å²) >= 11 is 4.77. The first-order chi connectivity index (χ1) is 6.58. The molecule has 2 saturated heterocycles. The molecule has 4 heteroatoms. The molecule has 0 bridgehead atoms. The molecule has 2 rings (SSSR count). The van der Waals surface area contributed by atoms with E-state index in [1.54, 1.807) is 0 Å². The third kappa shape index (κ3) is 4.05. The van der Waals surface area contributed by atoms with Gasteiger partial charge in [-0.2, -0.15) is 0 Å². The number of carbonyl (C=O) groups excluding carboxylic acids is 1. The summed E-state index contributed by atoms with van der Waals surface area (Å²) in [5, 5.41) is 0.785. The Hall–Kier alpha value is -0.640. The summed E-state index contributed by atoms with van der Waals surface area (Å²) in [7, 11) is 0. The summed E-state index contributed by atoms with van der Waals surface area (Å²) in [5.74, 6) is -0.0486. The second-order valence-electron chi connectivity index (χ2n) is 3.68. The fraction of sp³-hybridized carbons (Fsp3) is 0.800. The molecule has 2 atom stereocenters. The minimum atomic E-state index is -0.0486. The first kappa shape index (κ1) is 11.4. The van der Waals surface area contributed by atoms with Crippen LogP contribution >= 0.6 is 12.2 Å². The van der Waals surface area contributed by atoms with Gasteiger partial charge >= 0.3 is 5.97 Å². The molecule has 0 radical (unpaired) electrons. The summed E-state index contributed by atoms with van der Waals surface area (Å²) < 4.78 is 9.81. The molecule has 2 heterocycles. The van der Waals surface area contributed by atoms with E-state index < -0.39 is 0 Å². The average Bonchev–Trinajstić information content (AvgIpc) is 2.63. The average molecular weight is 216 g/mol. The van der Waals surface area contributed by atoms with Crippen molar-refractivity contribution in [3.8, 4) is 0 Å². The van der Waals surface area contributed by atoms with Gasteiger partial charge in [-0.05, 0) is 38.9 Å². The van der Waals surface area contributed by atoms with Gasteiger partial charge in [0.05, 0.1) is 12.2 Å². The molecule has 0 aromatic rings. The highest BCUT2D eigenvalue weighted by Gasteiger charge is 2.17. The number of ether oxygens (including phenoxy) is 2. The van der Waals surface area contributed by atoms with Crippen LogP contribution in [-0.4, -0.2) is 23.2 Å². The standard InChI is InChI=1S/C5H8O2.C5H8OS/c1-4-2-3-5(6)7-4;1-4-2-3-5(7)6-4/h2*4H,2-3H2,1H3. The zero-order valence-electron chi connectivity index (χ0n) is 8.62. The van der Waals surface area contributed by atoms with Gasteiger partial charge in [0.15, 0.2) is 5.05 Å². The monoisotopic (exact) mass is 216 g/mol. The van der Waals surface area contributed by atoms with Crippen molar-refractivity contribution in [1.82, 2.24) is 0 Å². The Morgan fingerprint density at radius 2 is 1.71 bits per heavy atom. The van der Waals surface area contributed by atoms with Gasteiger partial charge in [0.1, 0.15) is 0 Å². The lowest BCUT2D eigenvalue weighted by Gasteiger charge is -1.97. The zero-order valence-corrected chi connectivity index (χ0v) is 9.43. The van der Waals surface area contributed by atoms with Gasteiger partial charge in [-0.1, -0.05) is 0 Å². The summed E-state index contributed by atoms with van der Waals surface area (Å²) in [4.78, 5) is 10.2. The number of cyclic esters (lactones) is 1. The van der Waals surface area contributed by atoms with Crippen molar-refractivity contribution in [2.45, 2.75) is 51.7 Å². The maximum Gasteiger partial charge on any atom is 0.306 e. The number of esters is 1. The van der Waals surface area contributed by atoms with E-state index in [9.17, 15) is 4.79 Å². The summed E-state index contributed by atoms with van der Waals surface area (Å²) in [5.41, 5.74) is 0. The quantitative estimate of drug-likeness (QED) is 0.459. The molecule has 2 aliphatic rings. The number of hydrogen-bond acceptors (Lipinski definition) is 4. The van der Waals surface area contributed by atoms with Crippen LogP contribution in [0.4, 0.5) is 0 Å². The van der Waals surface area contributed by atoms with Crippen LogP contribution in [0.1, 0.15) is 39.5 Å². The lowest BCUT2D eigenvalue weighted by Crippen LogP contribution is -1.98. The van der Waals surface area contributed by atoms with E-state index in [1.807, 2.05) is 13.8 Å². The molecular formula is C10H16O3S. The molecule has 80 valence electrons. The van der Waals surface area contributed by atoms with Crippen LogP contribution in [0, 0.1) is 0 Å². The Labute approximate surface area is 89.8 Å². The number of thiocarbonyl (C=S) groups is 1. The van der Waals surface area contributed by atoms with Crippen LogP contribution in [-0.2, 0) is 14.3 Å². The van der Waals surface area contributed by atoms with Crippen LogP contribution in [0.5, 0.6) is 0 Å². The molecule has 0 saturated carbocycles. The summed E-state index contributed by atoms with van der Waals surface area (Å²) in [6, 6.07) is 0. The SMILES string of the molecule is CC1CCC(=O)O1.CC1CCC(=S)O1. The molecular weight excluding hydrogens is 200 g/mol. The van der Waals surface area contributed by atoms with Crippen LogP contribution in [0.25, 0.3) is 0 Å². The lowest BCUT2D eigenvalue weighted by atomic mass is 10.3. The van der Waals surface area contributed by atoms with E-state index in [1.165, 1.54) is 0 Å². The van der Waals surface area contributed by atoms with Gasteiger partial charge in [0, 0.05) is 12.8 Å². The van der Waals surface area contributed by atoms with E-state index in [0.29, 0.717) is 12.5 Å². The van der Waals surface area contributed by atoms with Gasteiger partial charge in [-0.3, -0.25) is 4.79 Å². The largest absolute Gasteiger partial charge is 0.484 e.